The summed E-state index contributed by atoms with van der Waals surface area (Å²) in [6, 6.07) is 15.9. The first-order chi connectivity index (χ1) is 11.4. The van der Waals surface area contributed by atoms with Gasteiger partial charge in [0, 0.05) is 17.8 Å². The highest BCUT2D eigenvalue weighted by Gasteiger charge is 2.04. The van der Waals surface area contributed by atoms with Crippen molar-refractivity contribution in [2.24, 2.45) is 0 Å². The molecule has 0 bridgehead atoms. The molecule has 0 fully saturated rings. The number of ether oxygens (including phenoxy) is 1. The number of benzene rings is 2. The van der Waals surface area contributed by atoms with Gasteiger partial charge in [-0.05, 0) is 42.8 Å². The third kappa shape index (κ3) is 6.70. The molecule has 0 atom stereocenters. The van der Waals surface area contributed by atoms with Crippen molar-refractivity contribution < 1.29 is 17.9 Å². The van der Waals surface area contributed by atoms with Crippen LogP contribution in [0.5, 0.6) is 5.75 Å². The van der Waals surface area contributed by atoms with Gasteiger partial charge in [0.05, 0.1) is 12.9 Å². The van der Waals surface area contributed by atoms with Crippen LogP contribution in [0.4, 0.5) is 11.4 Å². The second kappa shape index (κ2) is 8.35. The van der Waals surface area contributed by atoms with Gasteiger partial charge in [-0.3, -0.25) is 9.52 Å². The van der Waals surface area contributed by atoms with E-state index in [1.807, 2.05) is 30.3 Å². The average Bonchev–Trinajstić information content (AvgIpc) is 2.53. The Morgan fingerprint density at radius 1 is 1.00 bits per heavy atom. The summed E-state index contributed by atoms with van der Waals surface area (Å²) in [6.45, 7) is 0.467. The lowest BCUT2D eigenvalue weighted by Crippen LogP contribution is -2.13. The van der Waals surface area contributed by atoms with Crippen molar-refractivity contribution >= 4 is 27.3 Å². The minimum absolute atomic E-state index is 0.115. The highest BCUT2D eigenvalue weighted by Crippen LogP contribution is 2.15. The Kier molecular flexibility index (Phi) is 6.20. The maximum Gasteiger partial charge on any atom is 0.229 e. The van der Waals surface area contributed by atoms with E-state index in [-0.39, 0.29) is 5.91 Å². The van der Waals surface area contributed by atoms with Gasteiger partial charge in [-0.2, -0.15) is 0 Å². The molecule has 2 rings (SSSR count). The molecule has 0 radical (unpaired) electrons. The first-order valence-corrected chi connectivity index (χ1v) is 9.37. The summed E-state index contributed by atoms with van der Waals surface area (Å²) < 4.78 is 30.1. The van der Waals surface area contributed by atoms with Crippen LogP contribution in [0.2, 0.25) is 0 Å². The zero-order chi connectivity index (χ0) is 17.4. The van der Waals surface area contributed by atoms with E-state index in [9.17, 15) is 13.2 Å². The van der Waals surface area contributed by atoms with Crippen LogP contribution in [0.25, 0.3) is 0 Å². The number of para-hydroxylation sites is 1. The van der Waals surface area contributed by atoms with E-state index in [2.05, 4.69) is 10.0 Å². The van der Waals surface area contributed by atoms with Gasteiger partial charge in [-0.25, -0.2) is 8.42 Å². The summed E-state index contributed by atoms with van der Waals surface area (Å²) in [7, 11) is -3.30. The van der Waals surface area contributed by atoms with Crippen molar-refractivity contribution in [1.82, 2.24) is 0 Å². The first kappa shape index (κ1) is 17.8. The van der Waals surface area contributed by atoms with E-state index >= 15 is 0 Å². The largest absolute Gasteiger partial charge is 0.494 e. The Morgan fingerprint density at radius 3 is 2.25 bits per heavy atom. The van der Waals surface area contributed by atoms with Crippen LogP contribution in [0, 0.1) is 0 Å². The van der Waals surface area contributed by atoms with E-state index in [1.165, 1.54) is 0 Å². The molecule has 2 N–H and O–H groups in total. The minimum atomic E-state index is -3.30. The number of rotatable bonds is 8. The van der Waals surface area contributed by atoms with Crippen LogP contribution in [-0.2, 0) is 14.8 Å². The van der Waals surface area contributed by atoms with E-state index in [0.717, 1.165) is 12.0 Å². The van der Waals surface area contributed by atoms with Crippen LogP contribution >= 0.6 is 0 Å². The Balaban J connectivity index is 1.72. The van der Waals surface area contributed by atoms with Crippen molar-refractivity contribution in [3.63, 3.8) is 0 Å². The van der Waals surface area contributed by atoms with Gasteiger partial charge in [-0.15, -0.1) is 0 Å². The van der Waals surface area contributed by atoms with Crippen LogP contribution in [0.15, 0.2) is 54.6 Å². The van der Waals surface area contributed by atoms with Crippen molar-refractivity contribution in [3.05, 3.63) is 54.6 Å². The van der Waals surface area contributed by atoms with Crippen LogP contribution in [0.3, 0.4) is 0 Å². The van der Waals surface area contributed by atoms with Gasteiger partial charge in [0.25, 0.3) is 0 Å². The summed E-state index contributed by atoms with van der Waals surface area (Å²) in [6.07, 6.45) is 2.03. The van der Waals surface area contributed by atoms with Gasteiger partial charge in [-0.1, -0.05) is 18.2 Å². The van der Waals surface area contributed by atoms with Crippen LogP contribution < -0.4 is 14.8 Å². The molecule has 0 saturated heterocycles. The third-order valence-corrected chi connectivity index (χ3v) is 3.64. The Labute approximate surface area is 141 Å². The zero-order valence-corrected chi connectivity index (χ0v) is 14.2. The number of amides is 1. The molecule has 0 aliphatic heterocycles. The summed E-state index contributed by atoms with van der Waals surface area (Å²) in [4.78, 5) is 11.9. The number of sulfonamides is 1. The Hall–Kier alpha value is -2.54. The third-order valence-electron chi connectivity index (χ3n) is 3.03. The SMILES string of the molecule is CS(=O)(=O)Nc1ccc(NC(=O)CCCOc2ccccc2)cc1. The quantitative estimate of drug-likeness (QED) is 0.719. The minimum Gasteiger partial charge on any atom is -0.494 e. The topological polar surface area (TPSA) is 84.5 Å². The van der Waals surface area contributed by atoms with Crippen molar-refractivity contribution in [3.8, 4) is 5.75 Å². The van der Waals surface area contributed by atoms with Gasteiger partial charge in [0.2, 0.25) is 15.9 Å². The molecule has 0 spiro atoms. The second-order valence-electron chi connectivity index (χ2n) is 5.26. The summed E-state index contributed by atoms with van der Waals surface area (Å²) in [5.74, 6) is 0.669. The predicted molar refractivity (Wildman–Crippen MR) is 94.7 cm³/mol. The van der Waals surface area contributed by atoms with Crippen molar-refractivity contribution in [1.29, 1.82) is 0 Å². The lowest BCUT2D eigenvalue weighted by Gasteiger charge is -2.08. The highest BCUT2D eigenvalue weighted by atomic mass is 32.2. The lowest BCUT2D eigenvalue weighted by molar-refractivity contribution is -0.116. The molecule has 2 aromatic carbocycles. The van der Waals surface area contributed by atoms with Crippen LogP contribution in [0.1, 0.15) is 12.8 Å². The average molecular weight is 348 g/mol. The monoisotopic (exact) mass is 348 g/mol. The fourth-order valence-electron chi connectivity index (χ4n) is 2.00. The summed E-state index contributed by atoms with van der Waals surface area (Å²) in [5, 5.41) is 2.76. The van der Waals surface area contributed by atoms with Crippen molar-refractivity contribution in [2.75, 3.05) is 22.9 Å². The Morgan fingerprint density at radius 2 is 1.62 bits per heavy atom. The number of anilines is 2. The molecule has 2 aromatic rings. The lowest BCUT2D eigenvalue weighted by atomic mass is 10.2. The molecule has 0 heterocycles. The zero-order valence-electron chi connectivity index (χ0n) is 13.4. The number of hydrogen-bond donors (Lipinski definition) is 2. The normalized spacial score (nSPS) is 10.9. The molecule has 1 amide bonds. The van der Waals surface area contributed by atoms with Gasteiger partial charge < -0.3 is 10.1 Å². The van der Waals surface area contributed by atoms with E-state index in [0.29, 0.717) is 30.8 Å². The molecule has 0 aromatic heterocycles. The molecule has 128 valence electrons. The highest BCUT2D eigenvalue weighted by molar-refractivity contribution is 7.92. The number of carbonyl (C=O) groups is 1. The molecule has 24 heavy (non-hydrogen) atoms. The summed E-state index contributed by atoms with van der Waals surface area (Å²) in [5.41, 5.74) is 1.06. The van der Waals surface area contributed by atoms with Crippen molar-refractivity contribution in [2.45, 2.75) is 12.8 Å². The molecule has 6 nitrogen and oxygen atoms in total. The van der Waals surface area contributed by atoms with Gasteiger partial charge in [0.15, 0.2) is 0 Å². The maximum absolute atomic E-state index is 11.9. The van der Waals surface area contributed by atoms with Gasteiger partial charge in [0.1, 0.15) is 5.75 Å². The standard InChI is InChI=1S/C17H20N2O4S/c1-24(21,22)19-15-11-9-14(10-12-15)18-17(20)8-5-13-23-16-6-3-2-4-7-16/h2-4,6-7,9-12,19H,5,8,13H2,1H3,(H,18,20). The molecular formula is C17H20N2O4S. The van der Waals surface area contributed by atoms with Gasteiger partial charge >= 0.3 is 0 Å². The van der Waals surface area contributed by atoms with E-state index < -0.39 is 10.0 Å². The molecule has 0 saturated carbocycles. The van der Waals surface area contributed by atoms with E-state index in [4.69, 9.17) is 4.74 Å². The number of hydrogen-bond acceptors (Lipinski definition) is 4. The predicted octanol–water partition coefficient (Wildman–Crippen LogP) is 2.86. The fraction of sp³-hybridized carbons (Fsp3) is 0.235. The molecule has 0 aliphatic carbocycles. The Bertz CT molecular complexity index is 759. The number of carbonyl (C=O) groups excluding carboxylic acids is 1. The summed E-state index contributed by atoms with van der Waals surface area (Å²) >= 11 is 0. The molecule has 0 aliphatic rings. The second-order valence-corrected chi connectivity index (χ2v) is 7.01. The van der Waals surface area contributed by atoms with E-state index in [1.54, 1.807) is 24.3 Å². The first-order valence-electron chi connectivity index (χ1n) is 7.48. The molecule has 0 unspecified atom stereocenters. The molecule has 7 heteroatoms. The fourth-order valence-corrected chi connectivity index (χ4v) is 2.56. The molecular weight excluding hydrogens is 328 g/mol. The number of nitrogens with one attached hydrogen (secondary N) is 2. The smallest absolute Gasteiger partial charge is 0.229 e. The maximum atomic E-state index is 11.9. The van der Waals surface area contributed by atoms with Crippen LogP contribution in [-0.4, -0.2) is 27.2 Å².